The molecule has 0 radical (unpaired) electrons. The van der Waals surface area contributed by atoms with E-state index in [0.29, 0.717) is 0 Å². The van der Waals surface area contributed by atoms with E-state index in [2.05, 4.69) is 43.7 Å². The van der Waals surface area contributed by atoms with Crippen LogP contribution in [0.25, 0.3) is 0 Å². The summed E-state index contributed by atoms with van der Waals surface area (Å²) in [5.74, 6) is 0. The first-order valence-corrected chi connectivity index (χ1v) is 7.91. The SMILES string of the molecule is CCCC(C#N)N1CCN(c2nc(Br)cs2)CC1. The summed E-state index contributed by atoms with van der Waals surface area (Å²) in [5.41, 5.74) is 0. The normalized spacial score (nSPS) is 18.6. The Hall–Kier alpha value is -0.640. The number of piperazine rings is 1. The largest absolute Gasteiger partial charge is 0.345 e. The van der Waals surface area contributed by atoms with Gasteiger partial charge in [-0.1, -0.05) is 13.3 Å². The third-order valence-corrected chi connectivity index (χ3v) is 4.81. The van der Waals surface area contributed by atoms with E-state index in [1.807, 2.05) is 5.38 Å². The van der Waals surface area contributed by atoms with Gasteiger partial charge in [0, 0.05) is 31.6 Å². The van der Waals surface area contributed by atoms with Gasteiger partial charge in [-0.15, -0.1) is 11.3 Å². The molecule has 1 aliphatic heterocycles. The second kappa shape index (κ2) is 6.50. The zero-order valence-electron chi connectivity index (χ0n) is 10.5. The van der Waals surface area contributed by atoms with Gasteiger partial charge in [0.2, 0.25) is 0 Å². The van der Waals surface area contributed by atoms with Crippen LogP contribution < -0.4 is 4.90 Å². The van der Waals surface area contributed by atoms with Crippen LogP contribution in [0.2, 0.25) is 0 Å². The molecule has 0 aliphatic carbocycles. The van der Waals surface area contributed by atoms with Crippen molar-refractivity contribution in [1.82, 2.24) is 9.88 Å². The smallest absolute Gasteiger partial charge is 0.186 e. The Morgan fingerprint density at radius 1 is 1.50 bits per heavy atom. The van der Waals surface area contributed by atoms with Crippen LogP contribution in [0.4, 0.5) is 5.13 Å². The van der Waals surface area contributed by atoms with Crippen molar-refractivity contribution in [2.45, 2.75) is 25.8 Å². The van der Waals surface area contributed by atoms with Gasteiger partial charge in [0.05, 0.1) is 12.1 Å². The monoisotopic (exact) mass is 328 g/mol. The van der Waals surface area contributed by atoms with Gasteiger partial charge in [-0.3, -0.25) is 4.90 Å². The highest BCUT2D eigenvalue weighted by molar-refractivity contribution is 9.10. The van der Waals surface area contributed by atoms with Crippen LogP contribution in [0.1, 0.15) is 19.8 Å². The van der Waals surface area contributed by atoms with Crippen molar-refractivity contribution < 1.29 is 0 Å². The van der Waals surface area contributed by atoms with Gasteiger partial charge in [0.1, 0.15) is 4.60 Å². The van der Waals surface area contributed by atoms with Crippen molar-refractivity contribution in [3.05, 3.63) is 9.98 Å². The number of nitriles is 1. The highest BCUT2D eigenvalue weighted by atomic mass is 79.9. The van der Waals surface area contributed by atoms with Gasteiger partial charge < -0.3 is 4.90 Å². The fraction of sp³-hybridized carbons (Fsp3) is 0.667. The topological polar surface area (TPSA) is 43.2 Å². The van der Waals surface area contributed by atoms with Gasteiger partial charge in [0.15, 0.2) is 5.13 Å². The summed E-state index contributed by atoms with van der Waals surface area (Å²) in [4.78, 5) is 9.03. The first-order chi connectivity index (χ1) is 8.74. The Balaban J connectivity index is 1.90. The van der Waals surface area contributed by atoms with E-state index < -0.39 is 0 Å². The van der Waals surface area contributed by atoms with E-state index in [0.717, 1.165) is 48.8 Å². The van der Waals surface area contributed by atoms with Crippen LogP contribution in [0, 0.1) is 11.3 Å². The van der Waals surface area contributed by atoms with Crippen molar-refractivity contribution in [2.24, 2.45) is 0 Å². The molecule has 4 nitrogen and oxygen atoms in total. The van der Waals surface area contributed by atoms with Gasteiger partial charge in [-0.25, -0.2) is 4.98 Å². The number of hydrogen-bond acceptors (Lipinski definition) is 5. The first kappa shape index (κ1) is 13.8. The van der Waals surface area contributed by atoms with E-state index in [-0.39, 0.29) is 6.04 Å². The second-order valence-corrected chi connectivity index (χ2v) is 6.06. The molecule has 2 heterocycles. The molecule has 1 fully saturated rings. The van der Waals surface area contributed by atoms with E-state index >= 15 is 0 Å². The van der Waals surface area contributed by atoms with Crippen LogP contribution in [0.5, 0.6) is 0 Å². The molecular formula is C12H17BrN4S. The maximum absolute atomic E-state index is 9.17. The zero-order valence-corrected chi connectivity index (χ0v) is 12.9. The molecule has 0 bridgehead atoms. The number of rotatable bonds is 4. The number of nitrogens with zero attached hydrogens (tertiary/aromatic N) is 4. The van der Waals surface area contributed by atoms with Crippen molar-refractivity contribution in [3.63, 3.8) is 0 Å². The summed E-state index contributed by atoms with van der Waals surface area (Å²) in [7, 11) is 0. The third kappa shape index (κ3) is 3.22. The summed E-state index contributed by atoms with van der Waals surface area (Å²) in [6, 6.07) is 2.50. The Morgan fingerprint density at radius 3 is 2.72 bits per heavy atom. The van der Waals surface area contributed by atoms with Crippen LogP contribution in [0.3, 0.4) is 0 Å². The summed E-state index contributed by atoms with van der Waals surface area (Å²) >= 11 is 5.05. The van der Waals surface area contributed by atoms with Crippen molar-refractivity contribution in [2.75, 3.05) is 31.1 Å². The molecule has 0 spiro atoms. The van der Waals surface area contributed by atoms with Crippen molar-refractivity contribution >= 4 is 32.4 Å². The predicted molar refractivity (Wildman–Crippen MR) is 77.9 cm³/mol. The zero-order chi connectivity index (χ0) is 13.0. The summed E-state index contributed by atoms with van der Waals surface area (Å²) in [6.07, 6.45) is 2.04. The summed E-state index contributed by atoms with van der Waals surface area (Å²) in [5, 5.41) is 12.3. The Bertz CT molecular complexity index is 420. The molecule has 1 atom stereocenters. The van der Waals surface area contributed by atoms with Gasteiger partial charge >= 0.3 is 0 Å². The van der Waals surface area contributed by atoms with Gasteiger partial charge in [0.25, 0.3) is 0 Å². The Kier molecular flexibility index (Phi) is 4.98. The van der Waals surface area contributed by atoms with Crippen LogP contribution >= 0.6 is 27.3 Å². The first-order valence-electron chi connectivity index (χ1n) is 6.24. The molecule has 1 unspecified atom stereocenters. The van der Waals surface area contributed by atoms with E-state index in [1.54, 1.807) is 11.3 Å². The molecule has 0 N–H and O–H groups in total. The molecule has 1 aromatic heterocycles. The molecule has 0 amide bonds. The lowest BCUT2D eigenvalue weighted by atomic mass is 10.1. The molecule has 1 aliphatic rings. The lowest BCUT2D eigenvalue weighted by Crippen LogP contribution is -2.50. The average Bonchev–Trinajstić information content (AvgIpc) is 2.83. The maximum Gasteiger partial charge on any atom is 0.186 e. The van der Waals surface area contributed by atoms with Crippen LogP contribution in [-0.4, -0.2) is 42.1 Å². The Labute approximate surface area is 120 Å². The molecule has 98 valence electrons. The second-order valence-electron chi connectivity index (χ2n) is 4.41. The van der Waals surface area contributed by atoms with Crippen molar-refractivity contribution in [3.8, 4) is 6.07 Å². The van der Waals surface area contributed by atoms with Crippen LogP contribution in [0.15, 0.2) is 9.98 Å². The molecule has 2 rings (SSSR count). The van der Waals surface area contributed by atoms with Crippen molar-refractivity contribution in [1.29, 1.82) is 5.26 Å². The average molecular weight is 329 g/mol. The standard InChI is InChI=1S/C12H17BrN4S/c1-2-3-10(8-14)16-4-6-17(7-5-16)12-15-11(13)9-18-12/h9-10H,2-7H2,1H3. The molecular weight excluding hydrogens is 312 g/mol. The minimum atomic E-state index is 0.0835. The van der Waals surface area contributed by atoms with Gasteiger partial charge in [-0.2, -0.15) is 5.26 Å². The lowest BCUT2D eigenvalue weighted by Gasteiger charge is -2.36. The predicted octanol–water partition coefficient (Wildman–Crippen LogP) is 2.72. The number of halogens is 1. The fourth-order valence-corrected chi connectivity index (χ4v) is 3.52. The minimum Gasteiger partial charge on any atom is -0.345 e. The highest BCUT2D eigenvalue weighted by Crippen LogP contribution is 2.25. The number of hydrogen-bond donors (Lipinski definition) is 0. The minimum absolute atomic E-state index is 0.0835. The van der Waals surface area contributed by atoms with E-state index in [4.69, 9.17) is 0 Å². The molecule has 1 aromatic rings. The molecule has 6 heteroatoms. The number of anilines is 1. The quantitative estimate of drug-likeness (QED) is 0.852. The molecule has 0 aromatic carbocycles. The van der Waals surface area contributed by atoms with E-state index in [9.17, 15) is 5.26 Å². The molecule has 0 saturated carbocycles. The molecule has 18 heavy (non-hydrogen) atoms. The van der Waals surface area contributed by atoms with E-state index in [1.165, 1.54) is 0 Å². The maximum atomic E-state index is 9.17. The Morgan fingerprint density at radius 2 is 2.22 bits per heavy atom. The lowest BCUT2D eigenvalue weighted by molar-refractivity contribution is 0.211. The van der Waals surface area contributed by atoms with Gasteiger partial charge in [-0.05, 0) is 22.4 Å². The summed E-state index contributed by atoms with van der Waals surface area (Å²) < 4.78 is 0.908. The highest BCUT2D eigenvalue weighted by Gasteiger charge is 2.24. The third-order valence-electron chi connectivity index (χ3n) is 3.20. The fourth-order valence-electron chi connectivity index (χ4n) is 2.22. The van der Waals surface area contributed by atoms with Crippen LogP contribution in [-0.2, 0) is 0 Å². The number of thiazole rings is 1. The molecule has 1 saturated heterocycles. The number of aromatic nitrogens is 1. The summed E-state index contributed by atoms with van der Waals surface area (Å²) in [6.45, 7) is 5.96.